The molecule has 0 aromatic heterocycles. The second kappa shape index (κ2) is 7.24. The lowest BCUT2D eigenvalue weighted by Crippen LogP contribution is -2.05. The zero-order valence-electron chi connectivity index (χ0n) is 12.5. The van der Waals surface area contributed by atoms with E-state index in [9.17, 15) is 9.59 Å². The van der Waals surface area contributed by atoms with E-state index in [0.29, 0.717) is 22.3 Å². The molecule has 2 nitrogen and oxygen atoms in total. The lowest BCUT2D eigenvalue weighted by molar-refractivity contribution is 0.102. The number of halogens is 2. The van der Waals surface area contributed by atoms with Gasteiger partial charge in [-0.2, -0.15) is 0 Å². The monoisotopic (exact) mass is 442 g/mol. The molecule has 0 saturated carbocycles. The summed E-state index contributed by atoms with van der Waals surface area (Å²) in [5.74, 6) is -0.153. The average Bonchev–Trinajstić information content (AvgIpc) is 2.63. The van der Waals surface area contributed by atoms with Crippen molar-refractivity contribution in [1.29, 1.82) is 0 Å². The number of rotatable bonds is 4. The van der Waals surface area contributed by atoms with Crippen LogP contribution >= 0.6 is 31.9 Å². The van der Waals surface area contributed by atoms with Crippen molar-refractivity contribution < 1.29 is 9.59 Å². The Bertz CT molecular complexity index is 901. The van der Waals surface area contributed by atoms with Gasteiger partial charge in [-0.05, 0) is 18.2 Å². The van der Waals surface area contributed by atoms with Gasteiger partial charge in [0.2, 0.25) is 0 Å². The minimum Gasteiger partial charge on any atom is -0.289 e. The number of hydrogen-bond acceptors (Lipinski definition) is 2. The minimum absolute atomic E-state index is 0.0572. The fourth-order valence-corrected chi connectivity index (χ4v) is 3.14. The fraction of sp³-hybridized carbons (Fsp3) is 0. The second-order valence-electron chi connectivity index (χ2n) is 5.23. The van der Waals surface area contributed by atoms with E-state index in [4.69, 9.17) is 0 Å². The van der Waals surface area contributed by atoms with Crippen molar-refractivity contribution in [3.05, 3.63) is 104 Å². The van der Waals surface area contributed by atoms with E-state index in [-0.39, 0.29) is 11.6 Å². The van der Waals surface area contributed by atoms with Crippen LogP contribution in [0.4, 0.5) is 0 Å². The summed E-state index contributed by atoms with van der Waals surface area (Å²) in [4.78, 5) is 25.0. The van der Waals surface area contributed by atoms with Crippen LogP contribution < -0.4 is 0 Å². The Balaban J connectivity index is 1.88. The van der Waals surface area contributed by atoms with Crippen molar-refractivity contribution in [3.8, 4) is 0 Å². The number of benzene rings is 3. The second-order valence-corrected chi connectivity index (χ2v) is 7.00. The maximum atomic E-state index is 12.6. The van der Waals surface area contributed by atoms with Crippen LogP contribution in [0.5, 0.6) is 0 Å². The molecule has 0 aliphatic rings. The Morgan fingerprint density at radius 1 is 0.625 bits per heavy atom. The summed E-state index contributed by atoms with van der Waals surface area (Å²) in [5, 5.41) is 0. The quantitative estimate of drug-likeness (QED) is 0.486. The van der Waals surface area contributed by atoms with Gasteiger partial charge in [-0.25, -0.2) is 0 Å². The minimum atomic E-state index is -0.0955. The topological polar surface area (TPSA) is 34.1 Å². The van der Waals surface area contributed by atoms with Crippen LogP contribution in [0.25, 0.3) is 0 Å². The van der Waals surface area contributed by atoms with Gasteiger partial charge in [-0.1, -0.05) is 86.5 Å². The van der Waals surface area contributed by atoms with Gasteiger partial charge in [-0.15, -0.1) is 0 Å². The molecule has 0 amide bonds. The van der Waals surface area contributed by atoms with Gasteiger partial charge in [0.1, 0.15) is 0 Å². The van der Waals surface area contributed by atoms with Gasteiger partial charge in [0.15, 0.2) is 11.6 Å². The summed E-state index contributed by atoms with van der Waals surface area (Å²) in [5.41, 5.74) is 2.31. The molecule has 24 heavy (non-hydrogen) atoms. The van der Waals surface area contributed by atoms with Gasteiger partial charge in [-0.3, -0.25) is 9.59 Å². The third-order valence-electron chi connectivity index (χ3n) is 3.62. The molecule has 0 saturated heterocycles. The molecule has 0 aliphatic heterocycles. The van der Waals surface area contributed by atoms with Crippen molar-refractivity contribution in [2.24, 2.45) is 0 Å². The Morgan fingerprint density at radius 2 is 1.17 bits per heavy atom. The Morgan fingerprint density at radius 3 is 1.79 bits per heavy atom. The maximum Gasteiger partial charge on any atom is 0.194 e. The fourth-order valence-electron chi connectivity index (χ4n) is 2.36. The summed E-state index contributed by atoms with van der Waals surface area (Å²) >= 11 is 6.78. The van der Waals surface area contributed by atoms with Gasteiger partial charge in [0.25, 0.3) is 0 Å². The molecule has 0 heterocycles. The van der Waals surface area contributed by atoms with Crippen LogP contribution in [-0.4, -0.2) is 11.6 Å². The van der Waals surface area contributed by atoms with E-state index in [2.05, 4.69) is 31.9 Å². The first-order chi connectivity index (χ1) is 11.6. The summed E-state index contributed by atoms with van der Waals surface area (Å²) in [6.07, 6.45) is 0. The molecular weight excluding hydrogens is 432 g/mol. The SMILES string of the molecule is O=C(c1ccccc1)c1ccc(C(=O)c2cc(Br)ccc2Br)cc1. The molecule has 0 radical (unpaired) electrons. The van der Waals surface area contributed by atoms with E-state index in [1.54, 1.807) is 42.5 Å². The first-order valence-corrected chi connectivity index (χ1v) is 8.84. The average molecular weight is 444 g/mol. The smallest absolute Gasteiger partial charge is 0.194 e. The predicted octanol–water partition coefficient (Wildman–Crippen LogP) is 5.67. The summed E-state index contributed by atoms with van der Waals surface area (Å²) in [6, 6.07) is 21.3. The molecule has 3 aromatic rings. The molecule has 3 aromatic carbocycles. The zero-order chi connectivity index (χ0) is 17.1. The van der Waals surface area contributed by atoms with Gasteiger partial charge < -0.3 is 0 Å². The highest BCUT2D eigenvalue weighted by Crippen LogP contribution is 2.24. The first-order valence-electron chi connectivity index (χ1n) is 7.26. The van der Waals surface area contributed by atoms with Gasteiger partial charge >= 0.3 is 0 Å². The van der Waals surface area contributed by atoms with Gasteiger partial charge in [0.05, 0.1) is 0 Å². The van der Waals surface area contributed by atoms with Crippen molar-refractivity contribution in [1.82, 2.24) is 0 Å². The van der Waals surface area contributed by atoms with Crippen molar-refractivity contribution in [2.45, 2.75) is 0 Å². The molecule has 0 spiro atoms. The van der Waals surface area contributed by atoms with Crippen molar-refractivity contribution >= 4 is 43.4 Å². The van der Waals surface area contributed by atoms with E-state index in [1.165, 1.54) is 0 Å². The molecule has 0 bridgehead atoms. The molecular formula is C20H12Br2O2. The highest BCUT2D eigenvalue weighted by atomic mass is 79.9. The summed E-state index contributed by atoms with van der Waals surface area (Å²) in [6.45, 7) is 0. The standard InChI is InChI=1S/C20H12Br2O2/c21-16-10-11-18(22)17(12-16)20(24)15-8-6-14(7-9-15)19(23)13-4-2-1-3-5-13/h1-12H. The molecule has 0 atom stereocenters. The number of hydrogen-bond donors (Lipinski definition) is 0. The predicted molar refractivity (Wildman–Crippen MR) is 102 cm³/mol. The lowest BCUT2D eigenvalue weighted by atomic mass is 9.99. The van der Waals surface area contributed by atoms with Crippen LogP contribution in [0.2, 0.25) is 0 Å². The number of ketones is 2. The third kappa shape index (κ3) is 3.55. The molecule has 0 aliphatic carbocycles. The molecule has 118 valence electrons. The third-order valence-corrected chi connectivity index (χ3v) is 4.80. The molecule has 4 heteroatoms. The van der Waals surface area contributed by atoms with Crippen LogP contribution in [0.15, 0.2) is 81.7 Å². The van der Waals surface area contributed by atoms with Crippen LogP contribution in [-0.2, 0) is 0 Å². The highest BCUT2D eigenvalue weighted by molar-refractivity contribution is 9.11. The van der Waals surface area contributed by atoms with E-state index >= 15 is 0 Å². The maximum absolute atomic E-state index is 12.6. The molecule has 0 N–H and O–H groups in total. The zero-order valence-corrected chi connectivity index (χ0v) is 15.7. The Labute approximate surface area is 156 Å². The number of carbonyl (C=O) groups excluding carboxylic acids is 2. The molecule has 3 rings (SSSR count). The van der Waals surface area contributed by atoms with E-state index in [0.717, 1.165) is 8.95 Å². The van der Waals surface area contributed by atoms with Crippen LogP contribution in [0.3, 0.4) is 0 Å². The Kier molecular flexibility index (Phi) is 5.07. The normalized spacial score (nSPS) is 10.4. The summed E-state index contributed by atoms with van der Waals surface area (Å²) in [7, 11) is 0. The molecule has 0 unspecified atom stereocenters. The van der Waals surface area contributed by atoms with Crippen LogP contribution in [0, 0.1) is 0 Å². The van der Waals surface area contributed by atoms with E-state index < -0.39 is 0 Å². The van der Waals surface area contributed by atoms with E-state index in [1.807, 2.05) is 30.3 Å². The highest BCUT2D eigenvalue weighted by Gasteiger charge is 2.14. The Hall–Kier alpha value is -2.04. The number of carbonyl (C=O) groups is 2. The van der Waals surface area contributed by atoms with Crippen LogP contribution in [0.1, 0.15) is 31.8 Å². The van der Waals surface area contributed by atoms with Crippen molar-refractivity contribution in [2.75, 3.05) is 0 Å². The molecule has 0 fully saturated rings. The lowest BCUT2D eigenvalue weighted by Gasteiger charge is -2.06. The van der Waals surface area contributed by atoms with Crippen molar-refractivity contribution in [3.63, 3.8) is 0 Å². The summed E-state index contributed by atoms with van der Waals surface area (Å²) < 4.78 is 1.57. The first kappa shape index (κ1) is 16.8. The largest absolute Gasteiger partial charge is 0.289 e. The van der Waals surface area contributed by atoms with Gasteiger partial charge in [0, 0.05) is 31.2 Å².